The zero-order valence-electron chi connectivity index (χ0n) is 14.1. The molecule has 4 N–H and O–H groups in total. The lowest BCUT2D eigenvalue weighted by atomic mass is 10.1. The first-order valence-electron chi connectivity index (χ1n) is 7.51. The number of nitrogen functional groups attached to an aromatic ring is 1. The Kier molecular flexibility index (Phi) is 5.90. The van der Waals surface area contributed by atoms with Gasteiger partial charge < -0.3 is 19.5 Å². The van der Waals surface area contributed by atoms with Gasteiger partial charge in [0.2, 0.25) is 0 Å². The summed E-state index contributed by atoms with van der Waals surface area (Å²) in [7, 11) is 3.25. The molecule has 0 aliphatic carbocycles. The van der Waals surface area contributed by atoms with Crippen LogP contribution in [0.5, 0.6) is 11.5 Å². The van der Waals surface area contributed by atoms with Crippen LogP contribution in [-0.4, -0.2) is 18.8 Å². The van der Waals surface area contributed by atoms with Gasteiger partial charge >= 0.3 is 0 Å². The summed E-state index contributed by atoms with van der Waals surface area (Å²) in [4.78, 5) is 0. The van der Waals surface area contributed by atoms with Crippen molar-refractivity contribution >= 4 is 28.9 Å². The topological polar surface area (TPSA) is 85.3 Å². The number of benzene rings is 2. The SMILES string of the molecule is COc1ccc(Cn2ccc3ccc(NN)cc3c2=N)c(OC)c1.Cl. The number of ether oxygens (including phenoxy) is 2. The molecular weight excluding hydrogens is 340 g/mol. The fourth-order valence-corrected chi connectivity index (χ4v) is 2.69. The summed E-state index contributed by atoms with van der Waals surface area (Å²) in [6.45, 7) is 0.530. The van der Waals surface area contributed by atoms with Crippen LogP contribution in [0.3, 0.4) is 0 Å². The Morgan fingerprint density at radius 3 is 2.56 bits per heavy atom. The van der Waals surface area contributed by atoms with E-state index in [0.29, 0.717) is 12.0 Å². The normalized spacial score (nSPS) is 10.2. The number of nitrogens with two attached hydrogens (primary N) is 1. The van der Waals surface area contributed by atoms with Gasteiger partial charge in [-0.2, -0.15) is 0 Å². The molecule has 0 unspecified atom stereocenters. The molecule has 0 spiro atoms. The molecule has 3 rings (SSSR count). The molecule has 3 aromatic rings. The number of methoxy groups -OCH3 is 2. The van der Waals surface area contributed by atoms with Crippen LogP contribution in [0, 0.1) is 5.41 Å². The molecule has 0 aliphatic heterocycles. The number of anilines is 1. The number of hydrogen-bond donors (Lipinski definition) is 3. The largest absolute Gasteiger partial charge is 0.497 e. The molecule has 0 amide bonds. The lowest BCUT2D eigenvalue weighted by Gasteiger charge is -2.14. The monoisotopic (exact) mass is 360 g/mol. The van der Waals surface area contributed by atoms with Crippen molar-refractivity contribution in [3.8, 4) is 11.5 Å². The van der Waals surface area contributed by atoms with Crippen molar-refractivity contribution in [2.24, 2.45) is 5.84 Å². The number of rotatable bonds is 5. The fraction of sp³-hybridized carbons (Fsp3) is 0.167. The fourth-order valence-electron chi connectivity index (χ4n) is 2.69. The van der Waals surface area contributed by atoms with Crippen LogP contribution < -0.4 is 26.2 Å². The molecule has 0 radical (unpaired) electrons. The summed E-state index contributed by atoms with van der Waals surface area (Å²) < 4.78 is 12.5. The summed E-state index contributed by atoms with van der Waals surface area (Å²) in [5.74, 6) is 6.95. The van der Waals surface area contributed by atoms with Gasteiger partial charge in [-0.05, 0) is 35.7 Å². The highest BCUT2D eigenvalue weighted by atomic mass is 35.5. The minimum atomic E-state index is 0. The highest BCUT2D eigenvalue weighted by Gasteiger charge is 2.08. The molecule has 0 atom stereocenters. The van der Waals surface area contributed by atoms with E-state index in [1.165, 1.54) is 0 Å². The summed E-state index contributed by atoms with van der Waals surface area (Å²) >= 11 is 0. The van der Waals surface area contributed by atoms with Gasteiger partial charge in [-0.1, -0.05) is 6.07 Å². The zero-order chi connectivity index (χ0) is 17.1. The third-order valence-corrected chi connectivity index (χ3v) is 4.03. The van der Waals surface area contributed by atoms with E-state index in [1.54, 1.807) is 14.2 Å². The first-order valence-corrected chi connectivity index (χ1v) is 7.51. The highest BCUT2D eigenvalue weighted by Crippen LogP contribution is 2.25. The molecule has 2 aromatic carbocycles. The van der Waals surface area contributed by atoms with E-state index in [4.69, 9.17) is 20.7 Å². The molecule has 132 valence electrons. The van der Waals surface area contributed by atoms with Crippen LogP contribution in [0.25, 0.3) is 10.8 Å². The lowest BCUT2D eigenvalue weighted by Crippen LogP contribution is -2.21. The van der Waals surface area contributed by atoms with Gasteiger partial charge in [0.05, 0.1) is 20.8 Å². The van der Waals surface area contributed by atoms with Gasteiger partial charge in [-0.3, -0.25) is 11.3 Å². The van der Waals surface area contributed by atoms with Gasteiger partial charge in [0, 0.05) is 28.9 Å². The van der Waals surface area contributed by atoms with Crippen molar-refractivity contribution in [2.75, 3.05) is 19.6 Å². The van der Waals surface area contributed by atoms with E-state index in [0.717, 1.165) is 33.5 Å². The summed E-state index contributed by atoms with van der Waals surface area (Å²) in [5.41, 5.74) is 4.79. The number of nitrogens with zero attached hydrogens (tertiary/aromatic N) is 1. The number of nitrogens with one attached hydrogen (secondary N) is 2. The smallest absolute Gasteiger partial charge is 0.133 e. The Balaban J connectivity index is 0.00000225. The molecule has 25 heavy (non-hydrogen) atoms. The second-order valence-electron chi connectivity index (χ2n) is 5.42. The average molecular weight is 361 g/mol. The predicted molar refractivity (Wildman–Crippen MR) is 101 cm³/mol. The lowest BCUT2D eigenvalue weighted by molar-refractivity contribution is 0.390. The van der Waals surface area contributed by atoms with Crippen molar-refractivity contribution in [1.82, 2.24) is 4.57 Å². The van der Waals surface area contributed by atoms with Crippen molar-refractivity contribution in [2.45, 2.75) is 6.54 Å². The third kappa shape index (κ3) is 3.70. The van der Waals surface area contributed by atoms with Gasteiger partial charge in [0.25, 0.3) is 0 Å². The Hall–Kier alpha value is -2.70. The number of pyridine rings is 1. The van der Waals surface area contributed by atoms with Gasteiger partial charge in [0.15, 0.2) is 0 Å². The number of halogens is 1. The zero-order valence-corrected chi connectivity index (χ0v) is 14.9. The number of fused-ring (bicyclic) bond motifs is 1. The van der Waals surface area contributed by atoms with Crippen molar-refractivity contribution in [3.05, 3.63) is 59.7 Å². The van der Waals surface area contributed by atoms with E-state index < -0.39 is 0 Å². The Bertz CT molecular complexity index is 940. The second kappa shape index (κ2) is 7.92. The van der Waals surface area contributed by atoms with Gasteiger partial charge in [0.1, 0.15) is 17.0 Å². The standard InChI is InChI=1S/C18H20N4O2.ClH/c1-23-15-6-4-13(17(10-15)24-2)11-22-8-7-12-3-5-14(21-20)9-16(12)18(22)19;/h3-10,19,21H,11,20H2,1-2H3;1H. The molecule has 0 saturated heterocycles. The molecule has 0 aliphatic rings. The minimum Gasteiger partial charge on any atom is -0.497 e. The summed E-state index contributed by atoms with van der Waals surface area (Å²) in [6.07, 6.45) is 1.91. The highest BCUT2D eigenvalue weighted by molar-refractivity contribution is 5.85. The van der Waals surface area contributed by atoms with E-state index in [2.05, 4.69) is 5.43 Å². The quantitative estimate of drug-likeness (QED) is 0.482. The van der Waals surface area contributed by atoms with Crippen LogP contribution in [-0.2, 0) is 6.54 Å². The summed E-state index contributed by atoms with van der Waals surface area (Å²) in [5, 5.41) is 10.3. The average Bonchev–Trinajstić information content (AvgIpc) is 2.64. The maximum atomic E-state index is 8.50. The van der Waals surface area contributed by atoms with Crippen molar-refractivity contribution < 1.29 is 9.47 Å². The number of hydrogen-bond acceptors (Lipinski definition) is 5. The van der Waals surface area contributed by atoms with Crippen LogP contribution in [0.1, 0.15) is 5.56 Å². The van der Waals surface area contributed by atoms with E-state index in [1.807, 2.05) is 53.2 Å². The van der Waals surface area contributed by atoms with Crippen molar-refractivity contribution in [3.63, 3.8) is 0 Å². The Labute approximate surface area is 152 Å². The molecule has 0 bridgehead atoms. The van der Waals surface area contributed by atoms with E-state index in [-0.39, 0.29) is 12.4 Å². The summed E-state index contributed by atoms with van der Waals surface area (Å²) in [6, 6.07) is 13.4. The Morgan fingerprint density at radius 1 is 1.08 bits per heavy atom. The first kappa shape index (κ1) is 18.6. The Morgan fingerprint density at radius 2 is 1.88 bits per heavy atom. The molecule has 6 nitrogen and oxygen atoms in total. The predicted octanol–water partition coefficient (Wildman–Crippen LogP) is 2.89. The molecular formula is C18H21ClN4O2. The van der Waals surface area contributed by atoms with E-state index >= 15 is 0 Å². The first-order chi connectivity index (χ1) is 11.7. The van der Waals surface area contributed by atoms with Crippen LogP contribution in [0.4, 0.5) is 5.69 Å². The van der Waals surface area contributed by atoms with Crippen LogP contribution in [0.15, 0.2) is 48.7 Å². The number of hydrazine groups is 1. The molecule has 7 heteroatoms. The van der Waals surface area contributed by atoms with Gasteiger partial charge in [-0.15, -0.1) is 12.4 Å². The third-order valence-electron chi connectivity index (χ3n) is 4.03. The molecule has 0 fully saturated rings. The van der Waals surface area contributed by atoms with Crippen LogP contribution in [0.2, 0.25) is 0 Å². The van der Waals surface area contributed by atoms with Crippen molar-refractivity contribution in [1.29, 1.82) is 5.41 Å². The minimum absolute atomic E-state index is 0. The molecule has 1 aromatic heterocycles. The molecule has 1 heterocycles. The number of aromatic nitrogens is 1. The van der Waals surface area contributed by atoms with Crippen LogP contribution >= 0.6 is 12.4 Å². The maximum Gasteiger partial charge on any atom is 0.133 e. The molecule has 0 saturated carbocycles. The van der Waals surface area contributed by atoms with Gasteiger partial charge in [-0.25, -0.2) is 0 Å². The van der Waals surface area contributed by atoms with E-state index in [9.17, 15) is 0 Å². The second-order valence-corrected chi connectivity index (χ2v) is 5.42. The maximum absolute atomic E-state index is 8.50.